The van der Waals surface area contributed by atoms with Gasteiger partial charge in [0.25, 0.3) is 0 Å². The lowest BCUT2D eigenvalue weighted by molar-refractivity contribution is -0.143. The molecule has 3 aliphatic carbocycles. The van der Waals surface area contributed by atoms with Gasteiger partial charge in [-0.3, -0.25) is 0 Å². The molecule has 1 N–H and O–H groups in total. The lowest BCUT2D eigenvalue weighted by Gasteiger charge is -2.25. The molecule has 5 heteroatoms. The van der Waals surface area contributed by atoms with Gasteiger partial charge in [-0.25, -0.2) is 8.42 Å². The number of hydrogen-bond donors (Lipinski definition) is 1. The number of hydrogen-bond acceptors (Lipinski definition) is 4. The van der Waals surface area contributed by atoms with Crippen LogP contribution in [-0.4, -0.2) is 37.4 Å². The first-order chi connectivity index (χ1) is 8.88. The topological polar surface area (TPSA) is 63.6 Å². The average Bonchev–Trinajstić information content (AvgIpc) is 3.19. The molecule has 0 amide bonds. The molecule has 0 radical (unpaired) electrons. The molecular weight excluding hydrogens is 264 g/mol. The van der Waals surface area contributed by atoms with Gasteiger partial charge in [0.1, 0.15) is 0 Å². The largest absolute Gasteiger partial charge is 0.368 e. The first kappa shape index (κ1) is 13.8. The fraction of sp³-hybridized carbons (Fsp3) is 1.00. The van der Waals surface area contributed by atoms with Crippen molar-refractivity contribution < 1.29 is 18.3 Å². The van der Waals surface area contributed by atoms with E-state index in [2.05, 4.69) is 6.92 Å². The second-order valence-electron chi connectivity index (χ2n) is 6.79. The van der Waals surface area contributed by atoms with Gasteiger partial charge in [-0.05, 0) is 49.9 Å². The van der Waals surface area contributed by atoms with E-state index in [9.17, 15) is 13.5 Å². The minimum absolute atomic E-state index is 0.0617. The summed E-state index contributed by atoms with van der Waals surface area (Å²) in [5, 5.41) is 10.0. The van der Waals surface area contributed by atoms with Crippen LogP contribution < -0.4 is 0 Å². The molecular formula is C14H24O4S. The monoisotopic (exact) mass is 288 g/mol. The number of aliphatic hydroxyl groups is 1. The third kappa shape index (κ3) is 2.34. The smallest absolute Gasteiger partial charge is 0.157 e. The summed E-state index contributed by atoms with van der Waals surface area (Å²) in [7, 11) is -2.89. The van der Waals surface area contributed by atoms with Gasteiger partial charge in [0.15, 0.2) is 16.1 Å². The maximum atomic E-state index is 12.1. The third-order valence-corrected chi connectivity index (χ3v) is 7.86. The molecule has 0 aromatic rings. The van der Waals surface area contributed by atoms with E-state index in [0.29, 0.717) is 18.3 Å². The maximum Gasteiger partial charge on any atom is 0.157 e. The second-order valence-corrected chi connectivity index (χ2v) is 9.12. The van der Waals surface area contributed by atoms with E-state index < -0.39 is 16.1 Å². The number of sulfone groups is 1. The molecule has 0 heterocycles. The highest BCUT2D eigenvalue weighted by Crippen LogP contribution is 2.69. The minimum Gasteiger partial charge on any atom is -0.368 e. The van der Waals surface area contributed by atoms with Crippen molar-refractivity contribution in [1.82, 2.24) is 0 Å². The number of rotatable bonds is 6. The Morgan fingerprint density at radius 3 is 2.68 bits per heavy atom. The SMILES string of the molecule is CCOC(O)[C@H]1C[C@@H](CS(=O)(=O)C2CC2)[C@H]2C[C@@]12C. The van der Waals surface area contributed by atoms with Crippen LogP contribution in [0.3, 0.4) is 0 Å². The van der Waals surface area contributed by atoms with Crippen molar-refractivity contribution in [3.8, 4) is 0 Å². The van der Waals surface area contributed by atoms with Crippen molar-refractivity contribution in [3.05, 3.63) is 0 Å². The van der Waals surface area contributed by atoms with Gasteiger partial charge in [0, 0.05) is 12.5 Å². The normalized spacial score (nSPS) is 43.0. The Morgan fingerprint density at radius 2 is 2.11 bits per heavy atom. The first-order valence-corrected chi connectivity index (χ1v) is 9.11. The molecule has 0 spiro atoms. The Hall–Kier alpha value is -0.130. The summed E-state index contributed by atoms with van der Waals surface area (Å²) in [6.45, 7) is 4.55. The number of fused-ring (bicyclic) bond motifs is 1. The highest BCUT2D eigenvalue weighted by Gasteiger charge is 2.66. The van der Waals surface area contributed by atoms with Crippen molar-refractivity contribution in [2.75, 3.05) is 12.4 Å². The van der Waals surface area contributed by atoms with E-state index in [1.807, 2.05) is 6.92 Å². The zero-order chi connectivity index (χ0) is 13.8. The Kier molecular flexibility index (Phi) is 3.23. The standard InChI is InChI=1S/C14H24O4S/c1-3-18-13(15)11-6-9(12-7-14(11,12)2)8-19(16,17)10-4-5-10/h9-13,15H,3-8H2,1-2H3/t9-,11+,12+,13?,14-/m0/s1. The van der Waals surface area contributed by atoms with Gasteiger partial charge < -0.3 is 9.84 Å². The van der Waals surface area contributed by atoms with E-state index >= 15 is 0 Å². The van der Waals surface area contributed by atoms with Gasteiger partial charge in [0.05, 0.1) is 11.0 Å². The molecule has 0 aliphatic heterocycles. The molecule has 0 aromatic heterocycles. The average molecular weight is 288 g/mol. The number of ether oxygens (including phenoxy) is 1. The van der Waals surface area contributed by atoms with Crippen LogP contribution in [0, 0.1) is 23.2 Å². The van der Waals surface area contributed by atoms with Crippen molar-refractivity contribution in [3.63, 3.8) is 0 Å². The first-order valence-electron chi connectivity index (χ1n) is 7.39. The predicted octanol–water partition coefficient (Wildman–Crippen LogP) is 1.58. The Labute approximate surface area is 115 Å². The van der Waals surface area contributed by atoms with E-state index in [0.717, 1.165) is 25.7 Å². The van der Waals surface area contributed by atoms with E-state index in [-0.39, 0.29) is 22.5 Å². The van der Waals surface area contributed by atoms with Crippen LogP contribution in [0.15, 0.2) is 0 Å². The molecule has 3 saturated carbocycles. The van der Waals surface area contributed by atoms with E-state index in [1.54, 1.807) is 0 Å². The molecule has 3 fully saturated rings. The Morgan fingerprint density at radius 1 is 1.42 bits per heavy atom. The summed E-state index contributed by atoms with van der Waals surface area (Å²) < 4.78 is 29.6. The summed E-state index contributed by atoms with van der Waals surface area (Å²) >= 11 is 0. The van der Waals surface area contributed by atoms with Crippen LogP contribution in [0.2, 0.25) is 0 Å². The van der Waals surface area contributed by atoms with Crippen LogP contribution in [-0.2, 0) is 14.6 Å². The van der Waals surface area contributed by atoms with E-state index in [1.165, 1.54) is 0 Å². The van der Waals surface area contributed by atoms with Gasteiger partial charge in [0.2, 0.25) is 0 Å². The summed E-state index contributed by atoms with van der Waals surface area (Å²) in [5.41, 5.74) is 0.109. The van der Waals surface area contributed by atoms with Crippen molar-refractivity contribution in [1.29, 1.82) is 0 Å². The van der Waals surface area contributed by atoms with Crippen molar-refractivity contribution in [2.45, 2.75) is 51.1 Å². The molecule has 1 unspecified atom stereocenters. The van der Waals surface area contributed by atoms with Crippen LogP contribution in [0.25, 0.3) is 0 Å². The molecule has 0 saturated heterocycles. The highest BCUT2D eigenvalue weighted by molar-refractivity contribution is 7.92. The van der Waals surface area contributed by atoms with Crippen LogP contribution in [0.1, 0.15) is 39.5 Å². The minimum atomic E-state index is -2.89. The third-order valence-electron chi connectivity index (χ3n) is 5.48. The summed E-state index contributed by atoms with van der Waals surface area (Å²) in [6.07, 6.45) is 2.82. The molecule has 0 bridgehead atoms. The molecule has 3 rings (SSSR count). The van der Waals surface area contributed by atoms with Gasteiger partial charge >= 0.3 is 0 Å². The van der Waals surface area contributed by atoms with Crippen LogP contribution in [0.4, 0.5) is 0 Å². The summed E-state index contributed by atoms with van der Waals surface area (Å²) in [4.78, 5) is 0. The van der Waals surface area contributed by atoms with Crippen LogP contribution in [0.5, 0.6) is 0 Å². The molecule has 3 aliphatic rings. The summed E-state index contributed by atoms with van der Waals surface area (Å²) in [6, 6.07) is 0. The quantitative estimate of drug-likeness (QED) is 0.754. The highest BCUT2D eigenvalue weighted by atomic mass is 32.2. The molecule has 19 heavy (non-hydrogen) atoms. The fourth-order valence-electron chi connectivity index (χ4n) is 4.08. The Balaban J connectivity index is 1.67. The predicted molar refractivity (Wildman–Crippen MR) is 72.3 cm³/mol. The number of aliphatic hydroxyl groups excluding tert-OH is 1. The van der Waals surface area contributed by atoms with Crippen molar-refractivity contribution in [2.24, 2.45) is 23.2 Å². The van der Waals surface area contributed by atoms with Gasteiger partial charge in [-0.1, -0.05) is 6.92 Å². The van der Waals surface area contributed by atoms with Gasteiger partial charge in [-0.2, -0.15) is 0 Å². The lowest BCUT2D eigenvalue weighted by Crippen LogP contribution is -2.29. The van der Waals surface area contributed by atoms with Crippen molar-refractivity contribution >= 4 is 9.84 Å². The molecule has 110 valence electrons. The fourth-order valence-corrected chi connectivity index (χ4v) is 6.17. The van der Waals surface area contributed by atoms with Gasteiger partial charge in [-0.15, -0.1) is 0 Å². The summed E-state index contributed by atoms with van der Waals surface area (Å²) in [5.74, 6) is 1.14. The molecule has 5 atom stereocenters. The lowest BCUT2D eigenvalue weighted by atomic mass is 9.91. The second kappa shape index (κ2) is 4.43. The van der Waals surface area contributed by atoms with Crippen LogP contribution >= 0.6 is 0 Å². The zero-order valence-corrected chi connectivity index (χ0v) is 12.5. The molecule has 4 nitrogen and oxygen atoms in total. The zero-order valence-electron chi connectivity index (χ0n) is 11.7. The maximum absolute atomic E-state index is 12.1. The van der Waals surface area contributed by atoms with E-state index in [4.69, 9.17) is 4.74 Å². The Bertz CT molecular complexity index is 456. The molecule has 0 aromatic carbocycles.